The van der Waals surface area contributed by atoms with Crippen molar-refractivity contribution < 1.29 is 9.47 Å². The second-order valence-electron chi connectivity index (χ2n) is 4.29. The Morgan fingerprint density at radius 2 is 1.57 bits per heavy atom. The van der Waals surface area contributed by atoms with Gasteiger partial charge in [-0.1, -0.05) is 39.1 Å². The van der Waals surface area contributed by atoms with Crippen LogP contribution in [0.2, 0.25) is 10.0 Å². The minimum absolute atomic E-state index is 0.452. The molecule has 0 aromatic heterocycles. The van der Waals surface area contributed by atoms with E-state index in [9.17, 15) is 0 Å². The van der Waals surface area contributed by atoms with Gasteiger partial charge in [0, 0.05) is 20.6 Å². The summed E-state index contributed by atoms with van der Waals surface area (Å²) < 4.78 is 11.4. The zero-order valence-corrected chi connectivity index (χ0v) is 15.1. The second kappa shape index (κ2) is 7.10. The highest BCUT2D eigenvalue weighted by Crippen LogP contribution is 2.41. The molecule has 2 nitrogen and oxygen atoms in total. The van der Waals surface area contributed by atoms with Crippen LogP contribution in [0.25, 0.3) is 0 Å². The number of ether oxygens (including phenoxy) is 2. The zero-order valence-electron chi connectivity index (χ0n) is 11.3. The van der Waals surface area contributed by atoms with Crippen molar-refractivity contribution in [3.8, 4) is 11.5 Å². The van der Waals surface area contributed by atoms with E-state index in [0.717, 1.165) is 15.6 Å². The van der Waals surface area contributed by atoms with Gasteiger partial charge in [0.1, 0.15) is 0 Å². The first-order valence-corrected chi connectivity index (χ1v) is 7.96. The van der Waals surface area contributed by atoms with E-state index in [1.165, 1.54) is 0 Å². The number of hydrogen-bond donors (Lipinski definition) is 0. The van der Waals surface area contributed by atoms with Crippen molar-refractivity contribution in [3.05, 3.63) is 56.0 Å². The molecule has 21 heavy (non-hydrogen) atoms. The fourth-order valence-corrected chi connectivity index (χ4v) is 3.48. The van der Waals surface area contributed by atoms with Crippen LogP contribution in [0, 0.1) is 0 Å². The van der Waals surface area contributed by atoms with E-state index in [-0.39, 0.29) is 0 Å². The molecule has 0 fully saturated rings. The van der Waals surface area contributed by atoms with Crippen molar-refractivity contribution in [2.24, 2.45) is 0 Å². The van der Waals surface area contributed by atoms with Crippen LogP contribution in [-0.4, -0.2) is 14.2 Å². The van der Waals surface area contributed by atoms with Crippen LogP contribution in [0.5, 0.6) is 11.5 Å². The number of rotatable bonds is 4. The van der Waals surface area contributed by atoms with Crippen molar-refractivity contribution in [2.75, 3.05) is 14.2 Å². The van der Waals surface area contributed by atoms with Crippen LogP contribution in [0.3, 0.4) is 0 Å². The predicted octanol–water partition coefficient (Wildman–Crippen LogP) is 6.10. The van der Waals surface area contributed by atoms with Gasteiger partial charge in [-0.15, -0.1) is 11.6 Å². The molecule has 0 N–H and O–H groups in total. The number of alkyl halides is 1. The summed E-state index contributed by atoms with van der Waals surface area (Å²) in [6.07, 6.45) is 0. The molecule has 112 valence electrons. The quantitative estimate of drug-likeness (QED) is 0.567. The van der Waals surface area contributed by atoms with E-state index >= 15 is 0 Å². The van der Waals surface area contributed by atoms with Crippen LogP contribution < -0.4 is 9.47 Å². The number of halogens is 4. The SMILES string of the molecule is COc1cc(Cl)c(C(Cl)c2cc(Cl)cc(Br)c2)cc1OC. The summed E-state index contributed by atoms with van der Waals surface area (Å²) in [5.74, 6) is 1.13. The molecule has 1 atom stereocenters. The van der Waals surface area contributed by atoms with Gasteiger partial charge in [0.15, 0.2) is 11.5 Å². The monoisotopic (exact) mass is 408 g/mol. The van der Waals surface area contributed by atoms with Crippen LogP contribution in [-0.2, 0) is 0 Å². The Kier molecular flexibility index (Phi) is 5.67. The average molecular weight is 411 g/mol. The zero-order chi connectivity index (χ0) is 15.6. The Balaban J connectivity index is 2.49. The summed E-state index contributed by atoms with van der Waals surface area (Å²) in [5.41, 5.74) is 1.57. The summed E-state index contributed by atoms with van der Waals surface area (Å²) in [4.78, 5) is 0. The number of benzene rings is 2. The third-order valence-electron chi connectivity index (χ3n) is 2.95. The molecule has 2 rings (SSSR count). The molecular weight excluding hydrogens is 398 g/mol. The van der Waals surface area contributed by atoms with Crippen molar-refractivity contribution in [3.63, 3.8) is 0 Å². The minimum atomic E-state index is -0.452. The van der Waals surface area contributed by atoms with Gasteiger partial charge in [-0.25, -0.2) is 0 Å². The molecule has 0 saturated heterocycles. The van der Waals surface area contributed by atoms with Gasteiger partial charge < -0.3 is 9.47 Å². The molecule has 6 heteroatoms. The molecule has 0 radical (unpaired) electrons. The first-order valence-electron chi connectivity index (χ1n) is 5.97. The van der Waals surface area contributed by atoms with Gasteiger partial charge >= 0.3 is 0 Å². The maximum atomic E-state index is 6.55. The Bertz CT molecular complexity index is 641. The largest absolute Gasteiger partial charge is 0.493 e. The average Bonchev–Trinajstić information content (AvgIpc) is 2.45. The lowest BCUT2D eigenvalue weighted by atomic mass is 10.0. The summed E-state index contributed by atoms with van der Waals surface area (Å²) in [6.45, 7) is 0. The van der Waals surface area contributed by atoms with E-state index in [2.05, 4.69) is 15.9 Å². The Morgan fingerprint density at radius 3 is 2.14 bits per heavy atom. The summed E-state index contributed by atoms with van der Waals surface area (Å²) in [7, 11) is 3.12. The van der Waals surface area contributed by atoms with E-state index in [1.54, 1.807) is 38.5 Å². The molecule has 0 bridgehead atoms. The Labute approximate surface area is 147 Å². The van der Waals surface area contributed by atoms with Crippen molar-refractivity contribution >= 4 is 50.7 Å². The molecule has 0 amide bonds. The summed E-state index contributed by atoms with van der Waals surface area (Å²) in [6, 6.07) is 8.96. The third-order valence-corrected chi connectivity index (χ3v) is 4.44. The van der Waals surface area contributed by atoms with Crippen molar-refractivity contribution in [2.45, 2.75) is 5.38 Å². The third kappa shape index (κ3) is 3.78. The lowest BCUT2D eigenvalue weighted by Gasteiger charge is -2.16. The first kappa shape index (κ1) is 16.8. The molecule has 2 aromatic rings. The Morgan fingerprint density at radius 1 is 0.952 bits per heavy atom. The van der Waals surface area contributed by atoms with E-state index in [4.69, 9.17) is 44.3 Å². The highest BCUT2D eigenvalue weighted by molar-refractivity contribution is 9.10. The fraction of sp³-hybridized carbons (Fsp3) is 0.200. The van der Waals surface area contributed by atoms with Gasteiger partial charge in [-0.05, 0) is 35.4 Å². The second-order valence-corrected chi connectivity index (χ2v) is 6.49. The lowest BCUT2D eigenvalue weighted by molar-refractivity contribution is 0.354. The molecular formula is C15H12BrCl3O2. The standard InChI is InChI=1S/C15H12BrCl3O2/c1-20-13-6-11(12(18)7-14(13)21-2)15(19)8-3-9(16)5-10(17)4-8/h3-7,15H,1-2H3. The predicted molar refractivity (Wildman–Crippen MR) is 91.4 cm³/mol. The van der Waals surface area contributed by atoms with Crippen LogP contribution in [0.4, 0.5) is 0 Å². The lowest BCUT2D eigenvalue weighted by Crippen LogP contribution is -1.98. The Hall–Kier alpha value is -0.610. The minimum Gasteiger partial charge on any atom is -0.493 e. The summed E-state index contributed by atoms with van der Waals surface area (Å²) >= 11 is 22.3. The molecule has 1 unspecified atom stereocenters. The van der Waals surface area contributed by atoms with E-state index in [1.807, 2.05) is 6.07 Å². The molecule has 0 aliphatic heterocycles. The molecule has 0 heterocycles. The first-order chi connectivity index (χ1) is 9.96. The van der Waals surface area contributed by atoms with Gasteiger partial charge in [-0.2, -0.15) is 0 Å². The molecule has 0 spiro atoms. The van der Waals surface area contributed by atoms with Crippen LogP contribution in [0.15, 0.2) is 34.8 Å². The maximum Gasteiger partial charge on any atom is 0.162 e. The van der Waals surface area contributed by atoms with Crippen LogP contribution >= 0.6 is 50.7 Å². The van der Waals surface area contributed by atoms with E-state index < -0.39 is 5.38 Å². The molecule has 0 saturated carbocycles. The summed E-state index contributed by atoms with van der Waals surface area (Å²) in [5, 5.41) is 0.651. The fourth-order valence-electron chi connectivity index (χ4n) is 1.97. The van der Waals surface area contributed by atoms with Crippen molar-refractivity contribution in [1.82, 2.24) is 0 Å². The number of hydrogen-bond acceptors (Lipinski definition) is 2. The van der Waals surface area contributed by atoms with Gasteiger partial charge in [0.05, 0.1) is 19.6 Å². The van der Waals surface area contributed by atoms with Gasteiger partial charge in [0.25, 0.3) is 0 Å². The van der Waals surface area contributed by atoms with Gasteiger partial charge in [0.2, 0.25) is 0 Å². The van der Waals surface area contributed by atoms with E-state index in [0.29, 0.717) is 21.5 Å². The normalized spacial score (nSPS) is 12.1. The highest BCUT2D eigenvalue weighted by Gasteiger charge is 2.19. The maximum absolute atomic E-state index is 6.55. The number of methoxy groups -OCH3 is 2. The topological polar surface area (TPSA) is 18.5 Å². The molecule has 0 aliphatic carbocycles. The van der Waals surface area contributed by atoms with Crippen molar-refractivity contribution in [1.29, 1.82) is 0 Å². The highest BCUT2D eigenvalue weighted by atomic mass is 79.9. The smallest absolute Gasteiger partial charge is 0.162 e. The molecule has 0 aliphatic rings. The molecule has 2 aromatic carbocycles. The van der Waals surface area contributed by atoms with Crippen LogP contribution in [0.1, 0.15) is 16.5 Å². The van der Waals surface area contributed by atoms with Gasteiger partial charge in [-0.3, -0.25) is 0 Å².